The number of hydrogen-bond donors (Lipinski definition) is 2. The fraction of sp³-hybridized carbons (Fsp3) is 0.421. The number of para-hydroxylation sites is 1. The van der Waals surface area contributed by atoms with Crippen molar-refractivity contribution in [2.75, 3.05) is 27.2 Å². The highest BCUT2D eigenvalue weighted by Crippen LogP contribution is 2.26. The Hall–Kier alpha value is -2.68. The second-order valence-corrected chi connectivity index (χ2v) is 6.23. The molecule has 2 N–H and O–H groups in total. The van der Waals surface area contributed by atoms with Gasteiger partial charge < -0.3 is 19.8 Å². The van der Waals surface area contributed by atoms with Crippen LogP contribution in [0.2, 0.25) is 0 Å². The van der Waals surface area contributed by atoms with E-state index in [9.17, 15) is 13.2 Å². The Kier molecular flexibility index (Phi) is 7.74. The van der Waals surface area contributed by atoms with Gasteiger partial charge in [-0.05, 0) is 39.2 Å². The first-order chi connectivity index (χ1) is 13.3. The number of halogens is 3. The smallest absolute Gasteiger partial charge is 0.468 e. The Morgan fingerprint density at radius 1 is 1.18 bits per heavy atom. The van der Waals surface area contributed by atoms with E-state index in [-0.39, 0.29) is 18.3 Å². The molecule has 0 amide bonds. The summed E-state index contributed by atoms with van der Waals surface area (Å²) in [6.07, 6.45) is -3.13. The molecule has 28 heavy (non-hydrogen) atoms. The van der Waals surface area contributed by atoms with Gasteiger partial charge in [0.05, 0.1) is 18.8 Å². The summed E-state index contributed by atoms with van der Waals surface area (Å²) >= 11 is 0. The van der Waals surface area contributed by atoms with Crippen LogP contribution in [0.3, 0.4) is 0 Å². The number of guanidine groups is 1. The molecule has 0 saturated heterocycles. The largest absolute Gasteiger partial charge is 0.573 e. The fourth-order valence-electron chi connectivity index (χ4n) is 2.58. The molecule has 2 aromatic rings. The summed E-state index contributed by atoms with van der Waals surface area (Å²) in [5, 5.41) is 6.29. The molecule has 1 atom stereocenters. The first kappa shape index (κ1) is 21.6. The zero-order valence-electron chi connectivity index (χ0n) is 16.1. The van der Waals surface area contributed by atoms with Crippen LogP contribution < -0.4 is 15.4 Å². The Bertz CT molecular complexity index is 746. The van der Waals surface area contributed by atoms with E-state index in [2.05, 4.69) is 20.4 Å². The van der Waals surface area contributed by atoms with Crippen molar-refractivity contribution in [2.45, 2.75) is 25.9 Å². The molecule has 2 rings (SSSR count). The predicted molar refractivity (Wildman–Crippen MR) is 101 cm³/mol. The highest BCUT2D eigenvalue weighted by molar-refractivity contribution is 5.79. The predicted octanol–water partition coefficient (Wildman–Crippen LogP) is 3.54. The molecule has 0 bridgehead atoms. The number of alkyl halides is 3. The lowest BCUT2D eigenvalue weighted by atomic mass is 10.2. The third-order valence-electron chi connectivity index (χ3n) is 3.91. The van der Waals surface area contributed by atoms with E-state index in [0.717, 1.165) is 5.76 Å². The Morgan fingerprint density at radius 3 is 2.54 bits per heavy atom. The summed E-state index contributed by atoms with van der Waals surface area (Å²) in [6.45, 7) is 3.07. The first-order valence-corrected chi connectivity index (χ1v) is 8.85. The molecule has 0 spiro atoms. The molecule has 9 heteroatoms. The van der Waals surface area contributed by atoms with E-state index in [1.807, 2.05) is 38.1 Å². The molecule has 0 aliphatic rings. The van der Waals surface area contributed by atoms with Gasteiger partial charge in [0.2, 0.25) is 0 Å². The van der Waals surface area contributed by atoms with Crippen molar-refractivity contribution in [1.82, 2.24) is 15.5 Å². The number of nitrogens with one attached hydrogen (secondary N) is 2. The normalized spacial score (nSPS) is 13.5. The molecular formula is C19H25F3N4O2. The number of rotatable bonds is 8. The SMILES string of the molecule is CCNC(=NCc1ccccc1OC(F)(F)F)NCC(c1ccco1)N(C)C. The van der Waals surface area contributed by atoms with Crippen LogP contribution in [-0.4, -0.2) is 44.4 Å². The second kappa shape index (κ2) is 10.0. The summed E-state index contributed by atoms with van der Waals surface area (Å²) in [4.78, 5) is 6.39. The zero-order valence-corrected chi connectivity index (χ0v) is 16.1. The molecule has 1 heterocycles. The van der Waals surface area contributed by atoms with Crippen molar-refractivity contribution >= 4 is 5.96 Å². The van der Waals surface area contributed by atoms with E-state index >= 15 is 0 Å². The standard InChI is InChI=1S/C19H25F3N4O2/c1-4-23-18(25-13-15(26(2)3)17-10-7-11-27-17)24-12-14-8-5-6-9-16(14)28-19(20,21)22/h5-11,15H,4,12-13H2,1-3H3,(H2,23,24,25). The fourth-order valence-corrected chi connectivity index (χ4v) is 2.58. The van der Waals surface area contributed by atoms with Crippen LogP contribution in [0.5, 0.6) is 5.75 Å². The van der Waals surface area contributed by atoms with E-state index < -0.39 is 6.36 Å². The van der Waals surface area contributed by atoms with Crippen molar-refractivity contribution in [3.8, 4) is 5.75 Å². The van der Waals surface area contributed by atoms with E-state index in [4.69, 9.17) is 4.42 Å². The van der Waals surface area contributed by atoms with Crippen LogP contribution in [0.25, 0.3) is 0 Å². The minimum Gasteiger partial charge on any atom is -0.468 e. The molecular weight excluding hydrogens is 373 g/mol. The maximum atomic E-state index is 12.6. The van der Waals surface area contributed by atoms with Crippen LogP contribution in [-0.2, 0) is 6.54 Å². The third kappa shape index (κ3) is 6.80. The molecule has 1 unspecified atom stereocenters. The van der Waals surface area contributed by atoms with Crippen LogP contribution in [0.15, 0.2) is 52.1 Å². The number of furan rings is 1. The van der Waals surface area contributed by atoms with Crippen molar-refractivity contribution < 1.29 is 22.3 Å². The summed E-state index contributed by atoms with van der Waals surface area (Å²) in [6, 6.07) is 9.65. The van der Waals surface area contributed by atoms with Gasteiger partial charge in [0, 0.05) is 18.7 Å². The minimum absolute atomic E-state index is 0.0281. The Labute approximate surface area is 162 Å². The number of aliphatic imine (C=N–C) groups is 1. The molecule has 0 aliphatic heterocycles. The molecule has 6 nitrogen and oxygen atoms in total. The van der Waals surface area contributed by atoms with Gasteiger partial charge in [0.15, 0.2) is 5.96 Å². The lowest BCUT2D eigenvalue weighted by Crippen LogP contribution is -2.41. The monoisotopic (exact) mass is 398 g/mol. The number of benzene rings is 1. The van der Waals surface area contributed by atoms with E-state index in [1.54, 1.807) is 18.4 Å². The van der Waals surface area contributed by atoms with Crippen molar-refractivity contribution in [2.24, 2.45) is 4.99 Å². The van der Waals surface area contributed by atoms with Crippen LogP contribution in [0, 0.1) is 0 Å². The molecule has 0 fully saturated rings. The summed E-state index contributed by atoms with van der Waals surface area (Å²) in [7, 11) is 3.87. The molecule has 1 aromatic carbocycles. The summed E-state index contributed by atoms with van der Waals surface area (Å²) in [5.74, 6) is 1.04. The molecule has 0 radical (unpaired) electrons. The van der Waals surface area contributed by atoms with Gasteiger partial charge >= 0.3 is 6.36 Å². The lowest BCUT2D eigenvalue weighted by molar-refractivity contribution is -0.274. The maximum absolute atomic E-state index is 12.6. The van der Waals surface area contributed by atoms with Gasteiger partial charge in [-0.15, -0.1) is 13.2 Å². The molecule has 0 aliphatic carbocycles. The average molecular weight is 398 g/mol. The van der Waals surface area contributed by atoms with Gasteiger partial charge in [-0.2, -0.15) is 0 Å². The number of ether oxygens (including phenoxy) is 1. The number of hydrogen-bond acceptors (Lipinski definition) is 4. The van der Waals surface area contributed by atoms with E-state index in [1.165, 1.54) is 12.1 Å². The van der Waals surface area contributed by atoms with Crippen molar-refractivity contribution in [3.05, 3.63) is 54.0 Å². The topological polar surface area (TPSA) is 62.0 Å². The van der Waals surface area contributed by atoms with E-state index in [0.29, 0.717) is 24.6 Å². The van der Waals surface area contributed by atoms with Crippen LogP contribution >= 0.6 is 0 Å². The van der Waals surface area contributed by atoms with Gasteiger partial charge in [0.25, 0.3) is 0 Å². The van der Waals surface area contributed by atoms with Crippen LogP contribution in [0.4, 0.5) is 13.2 Å². The third-order valence-corrected chi connectivity index (χ3v) is 3.91. The number of likely N-dealkylation sites (N-methyl/N-ethyl adjacent to an activating group) is 1. The maximum Gasteiger partial charge on any atom is 0.573 e. The summed E-state index contributed by atoms with van der Waals surface area (Å²) in [5.41, 5.74) is 0.340. The molecule has 154 valence electrons. The van der Waals surface area contributed by atoms with Gasteiger partial charge in [0.1, 0.15) is 11.5 Å². The summed E-state index contributed by atoms with van der Waals surface area (Å²) < 4.78 is 47.2. The van der Waals surface area contributed by atoms with Gasteiger partial charge in [-0.1, -0.05) is 18.2 Å². The highest BCUT2D eigenvalue weighted by Gasteiger charge is 2.31. The molecule has 0 saturated carbocycles. The Balaban J connectivity index is 2.08. The van der Waals surface area contributed by atoms with Gasteiger partial charge in [-0.3, -0.25) is 4.90 Å². The van der Waals surface area contributed by atoms with Gasteiger partial charge in [-0.25, -0.2) is 4.99 Å². The quantitative estimate of drug-likeness (QED) is 0.526. The van der Waals surface area contributed by atoms with Crippen molar-refractivity contribution in [3.63, 3.8) is 0 Å². The zero-order chi connectivity index (χ0) is 20.6. The van der Waals surface area contributed by atoms with Crippen molar-refractivity contribution in [1.29, 1.82) is 0 Å². The molecule has 1 aromatic heterocycles. The number of nitrogens with zero attached hydrogens (tertiary/aromatic N) is 2. The Morgan fingerprint density at radius 2 is 1.93 bits per heavy atom. The average Bonchev–Trinajstić information content (AvgIpc) is 3.13. The van der Waals surface area contributed by atoms with Crippen LogP contribution in [0.1, 0.15) is 24.3 Å². The highest BCUT2D eigenvalue weighted by atomic mass is 19.4. The minimum atomic E-state index is -4.75. The second-order valence-electron chi connectivity index (χ2n) is 6.23. The first-order valence-electron chi connectivity index (χ1n) is 8.85. The lowest BCUT2D eigenvalue weighted by Gasteiger charge is -2.23.